The second-order valence-electron chi connectivity index (χ2n) is 9.64. The van der Waals surface area contributed by atoms with Crippen LogP contribution in [0.15, 0.2) is 30.7 Å². The maximum Gasteiger partial charge on any atom is 0.126 e. The summed E-state index contributed by atoms with van der Waals surface area (Å²) in [7, 11) is 0. The molecule has 1 spiro atoms. The largest absolute Gasteiger partial charge is 0.487 e. The van der Waals surface area contributed by atoms with E-state index in [0.29, 0.717) is 5.92 Å². The van der Waals surface area contributed by atoms with Gasteiger partial charge in [-0.1, -0.05) is 12.1 Å². The van der Waals surface area contributed by atoms with E-state index in [4.69, 9.17) is 9.47 Å². The van der Waals surface area contributed by atoms with Gasteiger partial charge in [-0.3, -0.25) is 4.90 Å². The lowest BCUT2D eigenvalue weighted by molar-refractivity contribution is -0.174. The fourth-order valence-corrected chi connectivity index (χ4v) is 5.40. The van der Waals surface area contributed by atoms with E-state index in [1.165, 1.54) is 36.1 Å². The molecule has 5 nitrogen and oxygen atoms in total. The number of hydrogen-bond donors (Lipinski definition) is 1. The van der Waals surface area contributed by atoms with Crippen LogP contribution in [0.5, 0.6) is 5.75 Å². The Labute approximate surface area is 167 Å². The molecule has 5 rings (SSSR count). The Balaban J connectivity index is 1.32. The molecule has 0 aliphatic carbocycles. The monoisotopic (exact) mass is 381 g/mol. The van der Waals surface area contributed by atoms with Gasteiger partial charge in [-0.2, -0.15) is 0 Å². The number of rotatable bonds is 2. The van der Waals surface area contributed by atoms with Crippen molar-refractivity contribution in [3.05, 3.63) is 47.5 Å². The first-order chi connectivity index (χ1) is 13.4. The highest BCUT2D eigenvalue weighted by atomic mass is 16.5. The third kappa shape index (κ3) is 3.15. The third-order valence-corrected chi connectivity index (χ3v) is 7.19. The Morgan fingerprint density at radius 2 is 2.07 bits per heavy atom. The summed E-state index contributed by atoms with van der Waals surface area (Å²) in [6.07, 6.45) is 7.44. The summed E-state index contributed by atoms with van der Waals surface area (Å²) in [5.74, 6) is 1.41. The summed E-state index contributed by atoms with van der Waals surface area (Å²) in [6.45, 7) is 10.7. The van der Waals surface area contributed by atoms with Gasteiger partial charge >= 0.3 is 0 Å². The van der Waals surface area contributed by atoms with Crippen LogP contribution in [0, 0.1) is 18.3 Å². The topological polar surface area (TPSA) is 50.4 Å². The Morgan fingerprint density at radius 1 is 1.25 bits per heavy atom. The molecule has 0 radical (unpaired) electrons. The zero-order valence-corrected chi connectivity index (χ0v) is 17.2. The van der Waals surface area contributed by atoms with Crippen LogP contribution >= 0.6 is 0 Å². The summed E-state index contributed by atoms with van der Waals surface area (Å²) >= 11 is 0. The molecule has 150 valence electrons. The van der Waals surface area contributed by atoms with Crippen molar-refractivity contribution < 1.29 is 9.47 Å². The Bertz CT molecular complexity index is 838. The fourth-order valence-electron chi connectivity index (χ4n) is 5.40. The van der Waals surface area contributed by atoms with Crippen molar-refractivity contribution in [3.8, 4) is 5.75 Å². The fraction of sp³-hybridized carbons (Fsp3) is 0.609. The molecule has 28 heavy (non-hydrogen) atoms. The molecule has 1 aromatic carbocycles. The van der Waals surface area contributed by atoms with Crippen molar-refractivity contribution >= 4 is 0 Å². The van der Waals surface area contributed by atoms with Crippen LogP contribution in [0.25, 0.3) is 0 Å². The second kappa shape index (κ2) is 6.60. The van der Waals surface area contributed by atoms with Gasteiger partial charge in [-0.15, -0.1) is 0 Å². The number of H-pyrrole nitrogens is 1. The highest BCUT2D eigenvalue weighted by Gasteiger charge is 2.52. The number of ether oxygens (including phenoxy) is 2. The number of likely N-dealkylation sites (tertiary alicyclic amines) is 1. The number of piperidine rings is 1. The first-order valence-corrected chi connectivity index (χ1v) is 10.5. The van der Waals surface area contributed by atoms with Crippen LogP contribution in [0.4, 0.5) is 0 Å². The summed E-state index contributed by atoms with van der Waals surface area (Å²) in [5.41, 5.74) is 3.76. The van der Waals surface area contributed by atoms with Gasteiger partial charge < -0.3 is 14.5 Å². The average Bonchev–Trinajstić information content (AvgIpc) is 3.17. The lowest BCUT2D eigenvalue weighted by Crippen LogP contribution is -2.54. The molecule has 3 aliphatic rings. The quantitative estimate of drug-likeness (QED) is 0.845. The summed E-state index contributed by atoms with van der Waals surface area (Å²) in [5, 5.41) is 0. The van der Waals surface area contributed by atoms with Gasteiger partial charge in [-0.05, 0) is 70.2 Å². The third-order valence-electron chi connectivity index (χ3n) is 7.19. The van der Waals surface area contributed by atoms with Crippen molar-refractivity contribution in [3.63, 3.8) is 0 Å². The number of hydrogen-bond acceptors (Lipinski definition) is 4. The van der Waals surface area contributed by atoms with Crippen molar-refractivity contribution in [2.24, 2.45) is 11.3 Å². The van der Waals surface area contributed by atoms with E-state index in [-0.39, 0.29) is 17.1 Å². The predicted molar refractivity (Wildman–Crippen MR) is 108 cm³/mol. The van der Waals surface area contributed by atoms with Crippen molar-refractivity contribution in [1.29, 1.82) is 0 Å². The van der Waals surface area contributed by atoms with Gasteiger partial charge in [0.25, 0.3) is 0 Å². The molecule has 2 atom stereocenters. The Hall–Kier alpha value is -1.85. The molecule has 0 saturated carbocycles. The van der Waals surface area contributed by atoms with Crippen LogP contribution in [0.3, 0.4) is 0 Å². The minimum atomic E-state index is -0.202. The zero-order valence-electron chi connectivity index (χ0n) is 17.2. The number of fused-ring (bicyclic) bond motifs is 3. The predicted octanol–water partition coefficient (Wildman–Crippen LogP) is 4.25. The number of aryl methyl sites for hydroxylation is 1. The van der Waals surface area contributed by atoms with E-state index in [1.807, 2.05) is 6.20 Å². The normalized spacial score (nSPS) is 28.4. The average molecular weight is 382 g/mol. The number of benzene rings is 1. The molecule has 3 aliphatic heterocycles. The summed E-state index contributed by atoms with van der Waals surface area (Å²) in [4.78, 5) is 9.90. The van der Waals surface area contributed by atoms with Crippen molar-refractivity contribution in [1.82, 2.24) is 14.9 Å². The number of nitrogens with zero attached hydrogens (tertiary/aromatic N) is 2. The molecular weight excluding hydrogens is 350 g/mol. The standard InChI is InChI=1S/C23H31N3O2/c1-16-4-5-18-20(10-16)28-22(2,3)19-11-23(14-27-21(18)19)6-8-26(9-7-23)13-17-12-24-15-25-17/h4-5,10,12,15,19,21H,6-9,11,13-14H2,1-3H3,(H,24,25)/t19-,21+/m0/s1. The van der Waals surface area contributed by atoms with Crippen LogP contribution in [0.2, 0.25) is 0 Å². The molecule has 5 heteroatoms. The van der Waals surface area contributed by atoms with E-state index in [1.54, 1.807) is 6.33 Å². The molecule has 4 heterocycles. The maximum absolute atomic E-state index is 6.60. The van der Waals surface area contributed by atoms with E-state index >= 15 is 0 Å². The number of nitrogens with one attached hydrogen (secondary N) is 1. The van der Waals surface area contributed by atoms with E-state index in [2.05, 4.69) is 53.8 Å². The number of aromatic nitrogens is 2. The number of aromatic amines is 1. The molecule has 1 N–H and O–H groups in total. The molecule has 0 unspecified atom stereocenters. The molecule has 2 fully saturated rings. The van der Waals surface area contributed by atoms with Gasteiger partial charge in [0.05, 0.1) is 19.0 Å². The Morgan fingerprint density at radius 3 is 2.82 bits per heavy atom. The van der Waals surface area contributed by atoms with Crippen LogP contribution < -0.4 is 4.74 Å². The highest BCUT2D eigenvalue weighted by Crippen LogP contribution is 2.55. The number of imidazole rings is 1. The van der Waals surface area contributed by atoms with Crippen LogP contribution in [0.1, 0.15) is 56.0 Å². The first kappa shape index (κ1) is 18.2. The smallest absolute Gasteiger partial charge is 0.126 e. The molecule has 0 bridgehead atoms. The van der Waals surface area contributed by atoms with Crippen molar-refractivity contribution in [2.45, 2.75) is 58.3 Å². The highest BCUT2D eigenvalue weighted by molar-refractivity contribution is 5.42. The minimum Gasteiger partial charge on any atom is -0.487 e. The van der Waals surface area contributed by atoms with Gasteiger partial charge in [-0.25, -0.2) is 4.98 Å². The second-order valence-corrected chi connectivity index (χ2v) is 9.64. The van der Waals surface area contributed by atoms with Gasteiger partial charge in [0.1, 0.15) is 11.4 Å². The summed E-state index contributed by atoms with van der Waals surface area (Å²) < 4.78 is 13.1. The van der Waals surface area contributed by atoms with E-state index < -0.39 is 0 Å². The van der Waals surface area contributed by atoms with Gasteiger partial charge in [0.2, 0.25) is 0 Å². The SMILES string of the molecule is Cc1ccc2c(c1)OC(C)(C)[C@H]1CC3(CCN(Cc4cnc[nH]4)CC3)CO[C@H]21. The van der Waals surface area contributed by atoms with Gasteiger partial charge in [0, 0.05) is 29.9 Å². The molecular formula is C23H31N3O2. The summed E-state index contributed by atoms with van der Waals surface area (Å²) in [6, 6.07) is 6.55. The minimum absolute atomic E-state index is 0.160. The van der Waals surface area contributed by atoms with Crippen molar-refractivity contribution in [2.75, 3.05) is 19.7 Å². The zero-order chi connectivity index (χ0) is 19.4. The lowest BCUT2D eigenvalue weighted by Gasteiger charge is -2.54. The van der Waals surface area contributed by atoms with Crippen LogP contribution in [-0.4, -0.2) is 40.2 Å². The molecule has 1 aromatic heterocycles. The maximum atomic E-state index is 6.60. The van der Waals surface area contributed by atoms with Crippen LogP contribution in [-0.2, 0) is 11.3 Å². The Kier molecular flexibility index (Phi) is 4.29. The van der Waals surface area contributed by atoms with Gasteiger partial charge in [0.15, 0.2) is 0 Å². The molecule has 0 amide bonds. The van der Waals surface area contributed by atoms with E-state index in [0.717, 1.165) is 32.0 Å². The lowest BCUT2D eigenvalue weighted by atomic mass is 9.64. The van der Waals surface area contributed by atoms with E-state index in [9.17, 15) is 0 Å². The molecule has 2 saturated heterocycles. The first-order valence-electron chi connectivity index (χ1n) is 10.5. The molecule has 2 aromatic rings.